The largest absolute Gasteiger partial charge is 0.490 e. The lowest BCUT2D eigenvalue weighted by atomic mass is 9.93. The predicted molar refractivity (Wildman–Crippen MR) is 107 cm³/mol. The number of aliphatic carboxylic acids is 1. The summed E-state index contributed by atoms with van der Waals surface area (Å²) in [7, 11) is 0. The Kier molecular flexibility index (Phi) is 7.05. The van der Waals surface area contributed by atoms with E-state index < -0.39 is 5.97 Å². The molecule has 2 aromatic rings. The number of carboxylic acids is 1. The number of likely N-dealkylation sites (tertiary alicyclic amines) is 1. The van der Waals surface area contributed by atoms with E-state index in [2.05, 4.69) is 4.98 Å². The van der Waals surface area contributed by atoms with Gasteiger partial charge in [0.25, 0.3) is 5.91 Å². The molecule has 1 amide bonds. The van der Waals surface area contributed by atoms with E-state index in [0.717, 1.165) is 5.56 Å². The number of carboxylic acid groups (broad SMARTS) is 1. The van der Waals surface area contributed by atoms with Gasteiger partial charge in [-0.05, 0) is 49.9 Å². The molecule has 0 spiro atoms. The molecule has 29 heavy (non-hydrogen) atoms. The zero-order valence-corrected chi connectivity index (χ0v) is 16.5. The van der Waals surface area contributed by atoms with Crippen molar-refractivity contribution in [1.82, 2.24) is 9.88 Å². The van der Waals surface area contributed by atoms with Gasteiger partial charge in [-0.25, -0.2) is 0 Å². The van der Waals surface area contributed by atoms with Crippen LogP contribution in [0, 0.1) is 5.92 Å². The van der Waals surface area contributed by atoms with Gasteiger partial charge in [0.05, 0.1) is 6.61 Å². The van der Waals surface area contributed by atoms with E-state index in [0.29, 0.717) is 56.2 Å². The molecule has 1 N–H and O–H groups in total. The number of nitrogens with zero attached hydrogens (tertiary/aromatic N) is 2. The Morgan fingerprint density at radius 3 is 2.62 bits per heavy atom. The van der Waals surface area contributed by atoms with Crippen molar-refractivity contribution in [2.45, 2.75) is 32.8 Å². The van der Waals surface area contributed by atoms with Gasteiger partial charge in [0.1, 0.15) is 6.61 Å². The highest BCUT2D eigenvalue weighted by atomic mass is 16.5. The van der Waals surface area contributed by atoms with Crippen molar-refractivity contribution < 1.29 is 24.2 Å². The van der Waals surface area contributed by atoms with E-state index in [-0.39, 0.29) is 18.2 Å². The average molecular weight is 398 g/mol. The molecule has 1 fully saturated rings. The summed E-state index contributed by atoms with van der Waals surface area (Å²) in [4.78, 5) is 29.6. The Labute approximate surface area is 170 Å². The van der Waals surface area contributed by atoms with Crippen LogP contribution in [0.5, 0.6) is 11.5 Å². The van der Waals surface area contributed by atoms with Gasteiger partial charge in [-0.15, -0.1) is 0 Å². The Hall–Kier alpha value is -3.09. The van der Waals surface area contributed by atoms with Gasteiger partial charge in [-0.3, -0.25) is 14.6 Å². The summed E-state index contributed by atoms with van der Waals surface area (Å²) in [5.74, 6) is 0.394. The molecule has 3 rings (SSSR count). The van der Waals surface area contributed by atoms with Crippen LogP contribution in [0.15, 0.2) is 42.7 Å². The number of piperidine rings is 1. The van der Waals surface area contributed by atoms with Crippen molar-refractivity contribution in [3.8, 4) is 11.5 Å². The van der Waals surface area contributed by atoms with Crippen LogP contribution in [0.25, 0.3) is 0 Å². The lowest BCUT2D eigenvalue weighted by Crippen LogP contribution is -2.38. The smallest absolute Gasteiger partial charge is 0.303 e. The number of pyridine rings is 1. The summed E-state index contributed by atoms with van der Waals surface area (Å²) in [5, 5.41) is 8.93. The van der Waals surface area contributed by atoms with Crippen molar-refractivity contribution in [3.05, 3.63) is 53.9 Å². The fraction of sp³-hybridized carbons (Fsp3) is 0.409. The predicted octanol–water partition coefficient (Wildman–Crippen LogP) is 3.39. The molecule has 2 heterocycles. The molecule has 154 valence electrons. The fourth-order valence-electron chi connectivity index (χ4n) is 3.44. The van der Waals surface area contributed by atoms with Crippen molar-refractivity contribution >= 4 is 11.9 Å². The van der Waals surface area contributed by atoms with Crippen molar-refractivity contribution in [3.63, 3.8) is 0 Å². The molecular formula is C22H26N2O5. The average Bonchev–Trinajstić information content (AvgIpc) is 2.73. The number of ether oxygens (including phenoxy) is 2. The number of amides is 1. The van der Waals surface area contributed by atoms with Crippen molar-refractivity contribution in [2.24, 2.45) is 5.92 Å². The first kappa shape index (κ1) is 20.6. The van der Waals surface area contributed by atoms with E-state index in [9.17, 15) is 9.59 Å². The molecule has 0 aliphatic carbocycles. The molecule has 7 nitrogen and oxygen atoms in total. The maximum absolute atomic E-state index is 12.9. The number of rotatable bonds is 8. The summed E-state index contributed by atoms with van der Waals surface area (Å²) >= 11 is 0. The molecule has 1 aromatic heterocycles. The lowest BCUT2D eigenvalue weighted by Gasteiger charge is -2.31. The topological polar surface area (TPSA) is 89.0 Å². The number of hydrogen-bond donors (Lipinski definition) is 1. The molecule has 0 unspecified atom stereocenters. The highest BCUT2D eigenvalue weighted by Crippen LogP contribution is 2.30. The van der Waals surface area contributed by atoms with Crippen LogP contribution >= 0.6 is 0 Å². The Bertz CT molecular complexity index is 832. The Morgan fingerprint density at radius 2 is 1.97 bits per heavy atom. The number of hydrogen-bond acceptors (Lipinski definition) is 5. The first-order valence-electron chi connectivity index (χ1n) is 9.86. The van der Waals surface area contributed by atoms with Crippen LogP contribution < -0.4 is 9.47 Å². The molecular weight excluding hydrogens is 372 g/mol. The Balaban J connectivity index is 1.66. The second kappa shape index (κ2) is 9.91. The van der Waals surface area contributed by atoms with Crippen molar-refractivity contribution in [2.75, 3.05) is 19.7 Å². The zero-order valence-electron chi connectivity index (χ0n) is 16.5. The summed E-state index contributed by atoms with van der Waals surface area (Å²) in [6, 6.07) is 9.00. The molecule has 7 heteroatoms. The third-order valence-electron chi connectivity index (χ3n) is 4.97. The first-order valence-corrected chi connectivity index (χ1v) is 9.86. The fourth-order valence-corrected chi connectivity index (χ4v) is 3.44. The summed E-state index contributed by atoms with van der Waals surface area (Å²) in [6.45, 7) is 3.84. The van der Waals surface area contributed by atoms with Crippen LogP contribution in [0.1, 0.15) is 42.1 Å². The van der Waals surface area contributed by atoms with Crippen LogP contribution in [0.2, 0.25) is 0 Å². The van der Waals surface area contributed by atoms with E-state index >= 15 is 0 Å². The minimum Gasteiger partial charge on any atom is -0.490 e. The number of carbonyl (C=O) groups is 2. The van der Waals surface area contributed by atoms with Crippen LogP contribution in [-0.2, 0) is 11.4 Å². The lowest BCUT2D eigenvalue weighted by molar-refractivity contribution is -0.138. The molecule has 0 bridgehead atoms. The number of carbonyl (C=O) groups excluding carboxylic acids is 1. The van der Waals surface area contributed by atoms with E-state index in [4.69, 9.17) is 14.6 Å². The van der Waals surface area contributed by atoms with Crippen molar-refractivity contribution in [1.29, 1.82) is 0 Å². The van der Waals surface area contributed by atoms with Gasteiger partial charge in [-0.1, -0.05) is 6.07 Å². The maximum atomic E-state index is 12.9. The molecule has 1 aliphatic heterocycles. The second-order valence-corrected chi connectivity index (χ2v) is 7.08. The normalized spacial score (nSPS) is 14.4. The summed E-state index contributed by atoms with van der Waals surface area (Å²) in [5.41, 5.74) is 1.48. The highest BCUT2D eigenvalue weighted by Gasteiger charge is 2.25. The maximum Gasteiger partial charge on any atom is 0.303 e. The first-order chi connectivity index (χ1) is 14.1. The van der Waals surface area contributed by atoms with Crippen LogP contribution in [-0.4, -0.2) is 46.6 Å². The standard InChI is InChI=1S/C22H26N2O5/c1-2-28-20-13-18(5-6-19(20)29-15-17-4-3-9-23-14-17)22(27)24-10-7-16(8-11-24)12-21(25)26/h3-6,9,13-14,16H,2,7-8,10-12,15H2,1H3,(H,25,26). The van der Waals surface area contributed by atoms with E-state index in [1.165, 1.54) is 0 Å². The summed E-state index contributed by atoms with van der Waals surface area (Å²) < 4.78 is 11.5. The molecule has 0 atom stereocenters. The van der Waals surface area contributed by atoms with Gasteiger partial charge >= 0.3 is 5.97 Å². The summed E-state index contributed by atoms with van der Waals surface area (Å²) in [6.07, 6.45) is 5.04. The van der Waals surface area contributed by atoms with E-state index in [1.54, 1.807) is 35.5 Å². The molecule has 0 radical (unpaired) electrons. The van der Waals surface area contributed by atoms with Gasteiger partial charge in [0, 0.05) is 43.0 Å². The van der Waals surface area contributed by atoms with Crippen LogP contribution in [0.4, 0.5) is 0 Å². The number of benzene rings is 1. The second-order valence-electron chi connectivity index (χ2n) is 7.08. The van der Waals surface area contributed by atoms with Gasteiger partial charge in [-0.2, -0.15) is 0 Å². The zero-order chi connectivity index (χ0) is 20.6. The van der Waals surface area contributed by atoms with Gasteiger partial charge in [0.15, 0.2) is 11.5 Å². The van der Waals surface area contributed by atoms with E-state index in [1.807, 2.05) is 19.1 Å². The third-order valence-corrected chi connectivity index (χ3v) is 4.97. The molecule has 0 saturated carbocycles. The van der Waals surface area contributed by atoms with Gasteiger partial charge in [0.2, 0.25) is 0 Å². The Morgan fingerprint density at radius 1 is 1.17 bits per heavy atom. The third kappa shape index (κ3) is 5.70. The van der Waals surface area contributed by atoms with Crippen LogP contribution in [0.3, 0.4) is 0 Å². The molecule has 1 aromatic carbocycles. The minimum absolute atomic E-state index is 0.0708. The SMILES string of the molecule is CCOc1cc(C(=O)N2CCC(CC(=O)O)CC2)ccc1OCc1cccnc1. The molecule has 1 saturated heterocycles. The number of aromatic nitrogens is 1. The highest BCUT2D eigenvalue weighted by molar-refractivity contribution is 5.95. The monoisotopic (exact) mass is 398 g/mol. The van der Waals surface area contributed by atoms with Gasteiger partial charge < -0.3 is 19.5 Å². The quantitative estimate of drug-likeness (QED) is 0.733. The minimum atomic E-state index is -0.780. The molecule has 1 aliphatic rings.